The number of piperidine rings is 1. The van der Waals surface area contributed by atoms with Crippen LogP contribution in [0.1, 0.15) is 38.7 Å². The molecule has 204 valence electrons. The molecule has 1 saturated heterocycles. The molecule has 1 fully saturated rings. The van der Waals surface area contributed by atoms with Crippen molar-refractivity contribution in [1.29, 1.82) is 5.26 Å². The summed E-state index contributed by atoms with van der Waals surface area (Å²) in [7, 11) is 0. The molecule has 0 aliphatic carbocycles. The van der Waals surface area contributed by atoms with Gasteiger partial charge in [0.05, 0.1) is 26.9 Å². The lowest BCUT2D eigenvalue weighted by Gasteiger charge is -2.38. The lowest BCUT2D eigenvalue weighted by Crippen LogP contribution is -2.44. The Labute approximate surface area is 234 Å². The zero-order chi connectivity index (χ0) is 28.3. The number of nitrogens with one attached hydrogen (secondary N) is 2. The van der Waals surface area contributed by atoms with Crippen LogP contribution in [0.25, 0.3) is 32.6 Å². The van der Waals surface area contributed by atoms with Crippen molar-refractivity contribution in [3.8, 4) is 28.5 Å². The van der Waals surface area contributed by atoms with Gasteiger partial charge < -0.3 is 15.3 Å². The molecule has 11 nitrogen and oxygen atoms in total. The van der Waals surface area contributed by atoms with Crippen molar-refractivity contribution in [2.75, 3.05) is 29.9 Å². The average molecular weight is 557 g/mol. The van der Waals surface area contributed by atoms with E-state index in [1.165, 1.54) is 17.5 Å². The number of rotatable bonds is 7. The number of fused-ring (bicyclic) bond motifs is 1. The first-order valence-electron chi connectivity index (χ1n) is 13.0. The molecule has 0 atom stereocenters. The fraction of sp³-hybridized carbons (Fsp3) is 0.321. The number of hydrogen-bond donors (Lipinski definition) is 3. The summed E-state index contributed by atoms with van der Waals surface area (Å²) in [5, 5.41) is 24.8. The van der Waals surface area contributed by atoms with Crippen molar-refractivity contribution in [3.63, 3.8) is 0 Å². The first kappa shape index (κ1) is 27.0. The third kappa shape index (κ3) is 5.28. The molecule has 4 aromatic rings. The summed E-state index contributed by atoms with van der Waals surface area (Å²) in [6.45, 7) is 5.43. The van der Waals surface area contributed by atoms with E-state index in [0.29, 0.717) is 66.8 Å². The maximum absolute atomic E-state index is 12.1. The first-order valence-corrected chi connectivity index (χ1v) is 13.8. The molecule has 3 N–H and O–H groups in total. The van der Waals surface area contributed by atoms with Crippen molar-refractivity contribution in [2.45, 2.75) is 33.1 Å². The Morgan fingerprint density at radius 1 is 1.10 bits per heavy atom. The SMILES string of the molecule is CCNC(=O)Nc1nc2cc(-c3cnc(N4CCC(CC)(C(=O)O)CC4)nc3)cc(-c3ccc(C#N)cn3)c2s1. The number of nitriles is 1. The Balaban J connectivity index is 1.47. The number of anilines is 2. The van der Waals surface area contributed by atoms with Gasteiger partial charge in [-0.25, -0.2) is 19.7 Å². The molecule has 0 unspecified atom stereocenters. The van der Waals surface area contributed by atoms with Gasteiger partial charge in [-0.2, -0.15) is 5.26 Å². The molecular formula is C28H28N8O3S. The summed E-state index contributed by atoms with van der Waals surface area (Å²) >= 11 is 1.34. The number of nitrogens with zero attached hydrogens (tertiary/aromatic N) is 6. The van der Waals surface area contributed by atoms with Crippen molar-refractivity contribution in [3.05, 3.63) is 48.4 Å². The minimum atomic E-state index is -0.736. The van der Waals surface area contributed by atoms with E-state index in [1.54, 1.807) is 24.5 Å². The molecule has 40 heavy (non-hydrogen) atoms. The van der Waals surface area contributed by atoms with E-state index in [1.807, 2.05) is 30.9 Å². The number of amides is 2. The summed E-state index contributed by atoms with van der Waals surface area (Å²) in [6, 6.07) is 9.15. The number of benzene rings is 1. The van der Waals surface area contributed by atoms with Gasteiger partial charge in [0.15, 0.2) is 5.13 Å². The summed E-state index contributed by atoms with van der Waals surface area (Å²) in [5.41, 5.74) is 3.54. The van der Waals surface area contributed by atoms with Crippen molar-refractivity contribution < 1.29 is 14.7 Å². The molecule has 2 amide bonds. The highest BCUT2D eigenvalue weighted by Crippen LogP contribution is 2.39. The number of urea groups is 1. The minimum Gasteiger partial charge on any atom is -0.481 e. The Hall–Kier alpha value is -4.63. The third-order valence-electron chi connectivity index (χ3n) is 7.32. The number of carbonyl (C=O) groups excluding carboxylic acids is 1. The fourth-order valence-corrected chi connectivity index (χ4v) is 5.81. The van der Waals surface area contributed by atoms with Crippen LogP contribution in [0.2, 0.25) is 0 Å². The van der Waals surface area contributed by atoms with Crippen LogP contribution in [0.3, 0.4) is 0 Å². The van der Waals surface area contributed by atoms with E-state index in [9.17, 15) is 20.0 Å². The van der Waals surface area contributed by atoms with Gasteiger partial charge in [0.1, 0.15) is 6.07 Å². The number of thiazole rings is 1. The lowest BCUT2D eigenvalue weighted by molar-refractivity contribution is -0.150. The highest BCUT2D eigenvalue weighted by atomic mass is 32.1. The Kier molecular flexibility index (Phi) is 7.57. The zero-order valence-corrected chi connectivity index (χ0v) is 23.0. The summed E-state index contributed by atoms with van der Waals surface area (Å²) in [6.07, 6.45) is 6.73. The monoisotopic (exact) mass is 556 g/mol. The van der Waals surface area contributed by atoms with Gasteiger partial charge in [-0.3, -0.25) is 15.1 Å². The molecule has 1 aliphatic rings. The van der Waals surface area contributed by atoms with Crippen LogP contribution in [0, 0.1) is 16.7 Å². The fourth-order valence-electron chi connectivity index (χ4n) is 4.85. The highest BCUT2D eigenvalue weighted by Gasteiger charge is 2.40. The Morgan fingerprint density at radius 2 is 1.85 bits per heavy atom. The number of carboxylic acids is 1. The Morgan fingerprint density at radius 3 is 2.45 bits per heavy atom. The van der Waals surface area contributed by atoms with Gasteiger partial charge in [-0.05, 0) is 56.0 Å². The van der Waals surface area contributed by atoms with Gasteiger partial charge in [-0.15, -0.1) is 0 Å². The molecule has 0 spiro atoms. The van der Waals surface area contributed by atoms with Crippen molar-refractivity contribution in [2.24, 2.45) is 5.41 Å². The normalized spacial score (nSPS) is 14.5. The maximum atomic E-state index is 12.1. The highest BCUT2D eigenvalue weighted by molar-refractivity contribution is 7.22. The smallest absolute Gasteiger partial charge is 0.321 e. The molecular weight excluding hydrogens is 528 g/mol. The lowest BCUT2D eigenvalue weighted by atomic mass is 9.76. The van der Waals surface area contributed by atoms with Gasteiger partial charge in [0.2, 0.25) is 5.95 Å². The van der Waals surface area contributed by atoms with Gasteiger partial charge in [0.25, 0.3) is 0 Å². The number of pyridine rings is 1. The maximum Gasteiger partial charge on any atom is 0.321 e. The molecule has 5 rings (SSSR count). The molecule has 3 aromatic heterocycles. The molecule has 0 radical (unpaired) electrons. The molecule has 1 aliphatic heterocycles. The van der Waals surface area contributed by atoms with Crippen LogP contribution in [0.4, 0.5) is 15.9 Å². The summed E-state index contributed by atoms with van der Waals surface area (Å²) in [5.74, 6) is -0.170. The van der Waals surface area contributed by atoms with E-state index in [4.69, 9.17) is 0 Å². The van der Waals surface area contributed by atoms with Gasteiger partial charge in [0, 0.05) is 49.4 Å². The second-order valence-electron chi connectivity index (χ2n) is 9.62. The Bertz CT molecular complexity index is 1590. The number of aromatic nitrogens is 4. The minimum absolute atomic E-state index is 0.332. The van der Waals surface area contributed by atoms with Crippen molar-refractivity contribution >= 4 is 44.6 Å². The molecule has 4 heterocycles. The number of carbonyl (C=O) groups is 2. The van der Waals surface area contributed by atoms with Crippen LogP contribution in [0.5, 0.6) is 0 Å². The molecule has 12 heteroatoms. The van der Waals surface area contributed by atoms with Crippen LogP contribution in [0.15, 0.2) is 42.9 Å². The number of hydrogen-bond acceptors (Lipinski definition) is 9. The molecule has 0 bridgehead atoms. The third-order valence-corrected chi connectivity index (χ3v) is 8.34. The summed E-state index contributed by atoms with van der Waals surface area (Å²) in [4.78, 5) is 44.2. The van der Waals surface area contributed by atoms with Gasteiger partial charge >= 0.3 is 12.0 Å². The average Bonchev–Trinajstić information content (AvgIpc) is 3.39. The number of aliphatic carboxylic acids is 1. The standard InChI is InChI=1S/C28H28N8O3S/c1-3-28(24(37)38)7-9-36(10-8-28)25-32-15-19(16-33-25)18-11-20(21-6-5-17(13-29)14-31-21)23-22(12-18)34-27(40-23)35-26(39)30-4-2/h5-6,11-12,14-16H,3-4,7-10H2,1-2H3,(H,37,38)(H2,30,34,35,39). The van der Waals surface area contributed by atoms with E-state index >= 15 is 0 Å². The van der Waals surface area contributed by atoms with E-state index in [-0.39, 0.29) is 6.03 Å². The van der Waals surface area contributed by atoms with Crippen LogP contribution in [-0.4, -0.2) is 56.7 Å². The zero-order valence-electron chi connectivity index (χ0n) is 22.1. The van der Waals surface area contributed by atoms with Crippen molar-refractivity contribution in [1.82, 2.24) is 25.3 Å². The predicted molar refractivity (Wildman–Crippen MR) is 153 cm³/mol. The van der Waals surface area contributed by atoms with Crippen LogP contribution >= 0.6 is 11.3 Å². The number of carboxylic acid groups (broad SMARTS) is 1. The molecule has 0 saturated carbocycles. The predicted octanol–water partition coefficient (Wildman–Crippen LogP) is 4.91. The second-order valence-corrected chi connectivity index (χ2v) is 10.6. The summed E-state index contributed by atoms with van der Waals surface area (Å²) < 4.78 is 0.844. The molecule has 1 aromatic carbocycles. The second kappa shape index (κ2) is 11.2. The van der Waals surface area contributed by atoms with E-state index in [2.05, 4.69) is 36.6 Å². The van der Waals surface area contributed by atoms with E-state index < -0.39 is 11.4 Å². The van der Waals surface area contributed by atoms with Gasteiger partial charge in [-0.1, -0.05) is 18.3 Å². The first-order chi connectivity index (χ1) is 19.4. The van der Waals surface area contributed by atoms with Crippen LogP contribution < -0.4 is 15.5 Å². The quantitative estimate of drug-likeness (QED) is 0.288. The van der Waals surface area contributed by atoms with Crippen LogP contribution in [-0.2, 0) is 4.79 Å². The topological polar surface area (TPSA) is 157 Å². The largest absolute Gasteiger partial charge is 0.481 e. The van der Waals surface area contributed by atoms with E-state index in [0.717, 1.165) is 21.4 Å².